The van der Waals surface area contributed by atoms with E-state index in [1.165, 1.54) is 24.7 Å². The van der Waals surface area contributed by atoms with E-state index < -0.39 is 0 Å². The highest BCUT2D eigenvalue weighted by Gasteiger charge is 2.18. The Morgan fingerprint density at radius 3 is 2.67 bits per heavy atom. The highest BCUT2D eigenvalue weighted by molar-refractivity contribution is 6.45. The molecule has 2 aromatic carbocycles. The van der Waals surface area contributed by atoms with Gasteiger partial charge < -0.3 is 14.9 Å². The van der Waals surface area contributed by atoms with Crippen LogP contribution in [0.3, 0.4) is 0 Å². The van der Waals surface area contributed by atoms with Crippen LogP contribution in [0, 0.1) is 6.92 Å². The summed E-state index contributed by atoms with van der Waals surface area (Å²) >= 11 is 0. The van der Waals surface area contributed by atoms with Gasteiger partial charge in [-0.2, -0.15) is 0 Å². The van der Waals surface area contributed by atoms with E-state index in [1.54, 1.807) is 7.11 Å². The summed E-state index contributed by atoms with van der Waals surface area (Å²) in [6.45, 7) is 2.54. The number of amides is 1. The fraction of sp³-hybridized carbons (Fsp3) is 0.364. The molecule has 5 heteroatoms. The van der Waals surface area contributed by atoms with E-state index in [0.717, 1.165) is 41.7 Å². The molecular formula is C22H26N2O3. The van der Waals surface area contributed by atoms with E-state index in [4.69, 9.17) is 9.57 Å². The lowest BCUT2D eigenvalue weighted by Crippen LogP contribution is -2.33. The van der Waals surface area contributed by atoms with E-state index in [2.05, 4.69) is 28.7 Å². The van der Waals surface area contributed by atoms with Crippen molar-refractivity contribution in [1.29, 1.82) is 0 Å². The Morgan fingerprint density at radius 1 is 1.11 bits per heavy atom. The molecule has 2 aromatic rings. The van der Waals surface area contributed by atoms with Gasteiger partial charge in [-0.1, -0.05) is 29.4 Å². The van der Waals surface area contributed by atoms with Gasteiger partial charge in [-0.15, -0.1) is 0 Å². The van der Waals surface area contributed by atoms with Gasteiger partial charge in [0.2, 0.25) is 0 Å². The van der Waals surface area contributed by atoms with Crippen molar-refractivity contribution in [2.75, 3.05) is 20.8 Å². The smallest absolute Gasteiger partial charge is 0.273 e. The summed E-state index contributed by atoms with van der Waals surface area (Å²) < 4.78 is 5.28. The number of hydrogen-bond donors (Lipinski definition) is 1. The van der Waals surface area contributed by atoms with Crippen molar-refractivity contribution >= 4 is 11.6 Å². The number of oxime groups is 1. The Kier molecular flexibility index (Phi) is 6.12. The van der Waals surface area contributed by atoms with E-state index in [9.17, 15) is 4.79 Å². The Balaban J connectivity index is 1.64. The van der Waals surface area contributed by atoms with Crippen LogP contribution >= 0.6 is 0 Å². The molecule has 5 nitrogen and oxygen atoms in total. The van der Waals surface area contributed by atoms with Crippen molar-refractivity contribution in [3.8, 4) is 5.75 Å². The van der Waals surface area contributed by atoms with Gasteiger partial charge in [0.05, 0.1) is 7.11 Å². The Labute approximate surface area is 160 Å². The number of carbonyl (C=O) groups is 1. The normalized spacial score (nSPS) is 13.2. The van der Waals surface area contributed by atoms with Crippen LogP contribution in [0.1, 0.15) is 34.2 Å². The average molecular weight is 366 g/mol. The summed E-state index contributed by atoms with van der Waals surface area (Å²) in [7, 11) is 3.12. The number of fused-ring (bicyclic) bond motifs is 1. The second-order valence-electron chi connectivity index (χ2n) is 6.77. The van der Waals surface area contributed by atoms with Crippen molar-refractivity contribution in [2.24, 2.45) is 5.16 Å². The molecule has 1 aliphatic rings. The van der Waals surface area contributed by atoms with Gasteiger partial charge in [0.25, 0.3) is 5.91 Å². The largest absolute Gasteiger partial charge is 0.496 e. The van der Waals surface area contributed by atoms with Crippen LogP contribution in [0.15, 0.2) is 41.6 Å². The van der Waals surface area contributed by atoms with Crippen molar-refractivity contribution in [1.82, 2.24) is 5.32 Å². The van der Waals surface area contributed by atoms with Gasteiger partial charge in [-0.25, -0.2) is 0 Å². The summed E-state index contributed by atoms with van der Waals surface area (Å²) in [4.78, 5) is 17.6. The minimum atomic E-state index is -0.222. The minimum absolute atomic E-state index is 0.222. The number of nitrogens with one attached hydrogen (secondary N) is 1. The Hall–Kier alpha value is -2.82. The molecule has 0 aromatic heterocycles. The summed E-state index contributed by atoms with van der Waals surface area (Å²) in [5.74, 6) is 0.647. The van der Waals surface area contributed by atoms with Crippen molar-refractivity contribution in [3.05, 3.63) is 64.2 Å². The fourth-order valence-corrected chi connectivity index (χ4v) is 3.54. The fourth-order valence-electron chi connectivity index (χ4n) is 3.54. The first-order valence-corrected chi connectivity index (χ1v) is 9.27. The van der Waals surface area contributed by atoms with Gasteiger partial charge in [0, 0.05) is 12.1 Å². The molecule has 0 radical (unpaired) electrons. The van der Waals surface area contributed by atoms with E-state index in [1.807, 2.05) is 25.1 Å². The molecule has 0 heterocycles. The molecular weight excluding hydrogens is 340 g/mol. The summed E-state index contributed by atoms with van der Waals surface area (Å²) in [6, 6.07) is 12.2. The highest BCUT2D eigenvalue weighted by atomic mass is 16.6. The maximum Gasteiger partial charge on any atom is 0.273 e. The van der Waals surface area contributed by atoms with E-state index in [-0.39, 0.29) is 5.91 Å². The number of benzene rings is 2. The zero-order valence-electron chi connectivity index (χ0n) is 16.2. The first-order chi connectivity index (χ1) is 13.1. The van der Waals surface area contributed by atoms with Crippen LogP contribution in [0.5, 0.6) is 5.75 Å². The molecule has 0 saturated carbocycles. The van der Waals surface area contributed by atoms with Gasteiger partial charge in [0.1, 0.15) is 12.9 Å². The topological polar surface area (TPSA) is 59.9 Å². The van der Waals surface area contributed by atoms with Gasteiger partial charge >= 0.3 is 0 Å². The number of methoxy groups -OCH3 is 1. The predicted octanol–water partition coefficient (Wildman–Crippen LogP) is 3.20. The molecule has 1 aliphatic carbocycles. The third-order valence-electron chi connectivity index (χ3n) is 4.93. The second kappa shape index (κ2) is 8.71. The van der Waals surface area contributed by atoms with Crippen molar-refractivity contribution in [2.45, 2.75) is 32.6 Å². The average Bonchev–Trinajstić information content (AvgIpc) is 3.14. The predicted molar refractivity (Wildman–Crippen MR) is 106 cm³/mol. The van der Waals surface area contributed by atoms with Crippen LogP contribution in [0.2, 0.25) is 0 Å². The maximum atomic E-state index is 12.6. The number of nitrogens with zero attached hydrogens (tertiary/aromatic N) is 1. The third-order valence-corrected chi connectivity index (χ3v) is 4.93. The molecule has 0 atom stereocenters. The SMILES string of the molecule is CO/N=C(\C(=O)NCCc1ccc(OC)c(C)c1)c1ccc2c(c1)CCC2. The number of hydrogen-bond acceptors (Lipinski definition) is 4. The molecule has 0 saturated heterocycles. The molecule has 0 spiro atoms. The lowest BCUT2D eigenvalue weighted by atomic mass is 10.0. The van der Waals surface area contributed by atoms with Crippen LogP contribution in [0.25, 0.3) is 0 Å². The number of ether oxygens (including phenoxy) is 1. The minimum Gasteiger partial charge on any atom is -0.496 e. The van der Waals surface area contributed by atoms with Crippen LogP contribution < -0.4 is 10.1 Å². The second-order valence-corrected chi connectivity index (χ2v) is 6.77. The van der Waals surface area contributed by atoms with Crippen LogP contribution in [-0.4, -0.2) is 32.4 Å². The van der Waals surface area contributed by atoms with E-state index >= 15 is 0 Å². The Bertz CT molecular complexity index is 859. The molecule has 3 rings (SSSR count). The zero-order valence-corrected chi connectivity index (χ0v) is 16.2. The third kappa shape index (κ3) is 4.48. The van der Waals surface area contributed by atoms with E-state index in [0.29, 0.717) is 12.3 Å². The molecule has 0 aliphatic heterocycles. The van der Waals surface area contributed by atoms with Crippen LogP contribution in [0.4, 0.5) is 0 Å². The number of aryl methyl sites for hydroxylation is 3. The summed E-state index contributed by atoms with van der Waals surface area (Å²) in [6.07, 6.45) is 4.08. The summed E-state index contributed by atoms with van der Waals surface area (Å²) in [5, 5.41) is 6.92. The monoisotopic (exact) mass is 366 g/mol. The molecule has 1 amide bonds. The Morgan fingerprint density at radius 2 is 1.93 bits per heavy atom. The zero-order chi connectivity index (χ0) is 19.2. The van der Waals surface area contributed by atoms with Gasteiger partial charge in [-0.3, -0.25) is 4.79 Å². The van der Waals surface area contributed by atoms with Gasteiger partial charge in [0.15, 0.2) is 5.71 Å². The molecule has 142 valence electrons. The van der Waals surface area contributed by atoms with Crippen molar-refractivity contribution in [3.63, 3.8) is 0 Å². The highest BCUT2D eigenvalue weighted by Crippen LogP contribution is 2.23. The first-order valence-electron chi connectivity index (χ1n) is 9.27. The molecule has 0 unspecified atom stereocenters. The molecule has 27 heavy (non-hydrogen) atoms. The summed E-state index contributed by atoms with van der Waals surface area (Å²) in [5.41, 5.74) is 6.02. The number of rotatable bonds is 7. The molecule has 0 fully saturated rings. The maximum absolute atomic E-state index is 12.6. The quantitative estimate of drug-likeness (QED) is 0.605. The lowest BCUT2D eigenvalue weighted by Gasteiger charge is -2.10. The van der Waals surface area contributed by atoms with Gasteiger partial charge in [-0.05, 0) is 67.0 Å². The lowest BCUT2D eigenvalue weighted by molar-refractivity contribution is -0.114. The first kappa shape index (κ1) is 19.0. The number of carbonyl (C=O) groups excluding carboxylic acids is 1. The van der Waals surface area contributed by atoms with Crippen LogP contribution in [-0.2, 0) is 28.9 Å². The standard InChI is InChI=1S/C22H26N2O3/c1-15-13-16(7-10-20(15)26-2)11-12-23-22(25)21(24-27-3)19-9-8-17-5-4-6-18(17)14-19/h7-10,13-14H,4-6,11-12H2,1-3H3,(H,23,25)/b24-21-. The molecule has 0 bridgehead atoms. The molecule has 1 N–H and O–H groups in total. The van der Waals surface area contributed by atoms with Crippen molar-refractivity contribution < 1.29 is 14.4 Å².